The van der Waals surface area contributed by atoms with E-state index in [2.05, 4.69) is 13.0 Å². The molecule has 0 aromatic heterocycles. The zero-order chi connectivity index (χ0) is 10.9. The van der Waals surface area contributed by atoms with Crippen LogP contribution in [0.4, 0.5) is 0 Å². The van der Waals surface area contributed by atoms with Gasteiger partial charge in [-0.25, -0.2) is 0 Å². The fourth-order valence-corrected chi connectivity index (χ4v) is 1.75. The Morgan fingerprint density at radius 2 is 1.93 bits per heavy atom. The molecule has 0 saturated carbocycles. The molecule has 0 atom stereocenters. The summed E-state index contributed by atoms with van der Waals surface area (Å²) < 4.78 is 0. The molecule has 1 nitrogen and oxygen atoms in total. The van der Waals surface area contributed by atoms with Crippen molar-refractivity contribution in [3.05, 3.63) is 35.4 Å². The molecule has 82 valence electrons. The minimum Gasteiger partial charge on any atom is -0.298 e. The van der Waals surface area contributed by atoms with Crippen LogP contribution in [0.3, 0.4) is 0 Å². The molecule has 0 N–H and O–H groups in total. The van der Waals surface area contributed by atoms with Crippen LogP contribution in [0.1, 0.15) is 54.9 Å². The summed E-state index contributed by atoms with van der Waals surface area (Å²) in [5.41, 5.74) is 2.08. The van der Waals surface area contributed by atoms with Gasteiger partial charge in [-0.3, -0.25) is 4.79 Å². The van der Waals surface area contributed by atoms with E-state index in [0.717, 1.165) is 18.3 Å². The molecule has 0 fully saturated rings. The molecule has 0 aliphatic rings. The molecule has 0 saturated heterocycles. The number of carbonyl (C=O) groups excluding carboxylic acids is 1. The summed E-state index contributed by atoms with van der Waals surface area (Å²) in [4.78, 5) is 10.6. The van der Waals surface area contributed by atoms with Gasteiger partial charge >= 0.3 is 0 Å². The molecular weight excluding hydrogens is 184 g/mol. The molecule has 1 rings (SSSR count). The number of aldehydes is 1. The summed E-state index contributed by atoms with van der Waals surface area (Å²) in [6.07, 6.45) is 8.53. The summed E-state index contributed by atoms with van der Waals surface area (Å²) in [6.45, 7) is 2.23. The molecule has 1 heteroatoms. The van der Waals surface area contributed by atoms with Gasteiger partial charge < -0.3 is 0 Å². The Balaban J connectivity index is 2.27. The molecule has 1 aromatic rings. The second-order valence-electron chi connectivity index (χ2n) is 4.03. The first-order valence-corrected chi connectivity index (χ1v) is 5.91. The van der Waals surface area contributed by atoms with Gasteiger partial charge in [-0.1, -0.05) is 50.8 Å². The quantitative estimate of drug-likeness (QED) is 0.484. The highest BCUT2D eigenvalue weighted by atomic mass is 16.1. The van der Waals surface area contributed by atoms with Gasteiger partial charge in [-0.15, -0.1) is 0 Å². The van der Waals surface area contributed by atoms with Crippen LogP contribution in [0, 0.1) is 0 Å². The Hall–Kier alpha value is -1.11. The second-order valence-corrected chi connectivity index (χ2v) is 4.03. The molecule has 0 aliphatic carbocycles. The van der Waals surface area contributed by atoms with Gasteiger partial charge in [0.05, 0.1) is 0 Å². The molecule has 0 heterocycles. The Labute approximate surface area is 92.5 Å². The van der Waals surface area contributed by atoms with Gasteiger partial charge in [-0.05, 0) is 24.5 Å². The predicted octanol–water partition coefficient (Wildman–Crippen LogP) is 4.01. The minimum absolute atomic E-state index is 0.793. The maximum Gasteiger partial charge on any atom is 0.150 e. The Bertz CT molecular complexity index is 291. The van der Waals surface area contributed by atoms with Crippen LogP contribution in [0.25, 0.3) is 0 Å². The van der Waals surface area contributed by atoms with E-state index in [9.17, 15) is 4.79 Å². The summed E-state index contributed by atoms with van der Waals surface area (Å²) in [5.74, 6) is 0. The molecule has 1 aromatic carbocycles. The van der Waals surface area contributed by atoms with Crippen molar-refractivity contribution < 1.29 is 4.79 Å². The number of aryl methyl sites for hydroxylation is 1. The summed E-state index contributed by atoms with van der Waals surface area (Å²) in [7, 11) is 0. The van der Waals surface area contributed by atoms with Crippen LogP contribution in [0.5, 0.6) is 0 Å². The fourth-order valence-electron chi connectivity index (χ4n) is 1.75. The molecule has 0 spiro atoms. The maximum absolute atomic E-state index is 10.6. The number of hydrogen-bond donors (Lipinski definition) is 0. The molecule has 0 radical (unpaired) electrons. The van der Waals surface area contributed by atoms with E-state index >= 15 is 0 Å². The number of hydrogen-bond acceptors (Lipinski definition) is 1. The zero-order valence-corrected chi connectivity index (χ0v) is 9.54. The first-order valence-electron chi connectivity index (χ1n) is 5.91. The van der Waals surface area contributed by atoms with Gasteiger partial charge in [0.15, 0.2) is 0 Å². The lowest BCUT2D eigenvalue weighted by Gasteiger charge is -2.02. The number of rotatable bonds is 7. The van der Waals surface area contributed by atoms with Crippen molar-refractivity contribution >= 4 is 6.29 Å². The standard InChI is InChI=1S/C14H20O/c1-2-3-4-5-6-8-13-9-7-10-14(11-13)12-15/h7,9-12H,2-6,8H2,1H3. The third-order valence-electron chi connectivity index (χ3n) is 2.66. The highest BCUT2D eigenvalue weighted by molar-refractivity contribution is 5.74. The van der Waals surface area contributed by atoms with Crippen molar-refractivity contribution in [2.45, 2.75) is 45.4 Å². The Morgan fingerprint density at radius 1 is 1.13 bits per heavy atom. The van der Waals surface area contributed by atoms with Gasteiger partial charge in [0.25, 0.3) is 0 Å². The van der Waals surface area contributed by atoms with Crippen molar-refractivity contribution in [2.24, 2.45) is 0 Å². The molecular formula is C14H20O. The zero-order valence-electron chi connectivity index (χ0n) is 9.54. The second kappa shape index (κ2) is 7.22. The highest BCUT2D eigenvalue weighted by Gasteiger charge is 1.95. The molecule has 0 unspecified atom stereocenters. The van der Waals surface area contributed by atoms with E-state index in [1.807, 2.05) is 18.2 Å². The van der Waals surface area contributed by atoms with Gasteiger partial charge in [0, 0.05) is 5.56 Å². The Morgan fingerprint density at radius 3 is 2.67 bits per heavy atom. The van der Waals surface area contributed by atoms with E-state index in [4.69, 9.17) is 0 Å². The van der Waals surface area contributed by atoms with Crippen molar-refractivity contribution in [3.63, 3.8) is 0 Å². The maximum atomic E-state index is 10.6. The predicted molar refractivity (Wildman–Crippen MR) is 64.3 cm³/mol. The average Bonchev–Trinajstić information content (AvgIpc) is 2.29. The van der Waals surface area contributed by atoms with Crippen LogP contribution in [-0.2, 0) is 6.42 Å². The first kappa shape index (κ1) is 12.0. The van der Waals surface area contributed by atoms with Gasteiger partial charge in [0.2, 0.25) is 0 Å². The van der Waals surface area contributed by atoms with E-state index in [-0.39, 0.29) is 0 Å². The van der Waals surface area contributed by atoms with Crippen LogP contribution >= 0.6 is 0 Å². The van der Waals surface area contributed by atoms with Crippen LogP contribution in [0.2, 0.25) is 0 Å². The average molecular weight is 204 g/mol. The van der Waals surface area contributed by atoms with E-state index in [1.54, 1.807) is 0 Å². The monoisotopic (exact) mass is 204 g/mol. The number of carbonyl (C=O) groups is 1. The first-order chi connectivity index (χ1) is 7.36. The summed E-state index contributed by atoms with van der Waals surface area (Å²) >= 11 is 0. The normalized spacial score (nSPS) is 10.2. The lowest BCUT2D eigenvalue weighted by molar-refractivity contribution is 0.112. The molecule has 0 bridgehead atoms. The molecule has 15 heavy (non-hydrogen) atoms. The number of benzene rings is 1. The third-order valence-corrected chi connectivity index (χ3v) is 2.66. The van der Waals surface area contributed by atoms with E-state index < -0.39 is 0 Å². The lowest BCUT2D eigenvalue weighted by atomic mass is 10.0. The van der Waals surface area contributed by atoms with Crippen LogP contribution < -0.4 is 0 Å². The topological polar surface area (TPSA) is 17.1 Å². The number of unbranched alkanes of at least 4 members (excludes halogenated alkanes) is 4. The van der Waals surface area contributed by atoms with Crippen LogP contribution in [0.15, 0.2) is 24.3 Å². The fraction of sp³-hybridized carbons (Fsp3) is 0.500. The minimum atomic E-state index is 0.793. The summed E-state index contributed by atoms with van der Waals surface area (Å²) in [5, 5.41) is 0. The van der Waals surface area contributed by atoms with Gasteiger partial charge in [-0.2, -0.15) is 0 Å². The van der Waals surface area contributed by atoms with E-state index in [0.29, 0.717) is 0 Å². The lowest BCUT2D eigenvalue weighted by Crippen LogP contribution is -1.88. The van der Waals surface area contributed by atoms with Crippen molar-refractivity contribution in [1.29, 1.82) is 0 Å². The van der Waals surface area contributed by atoms with Crippen molar-refractivity contribution in [3.8, 4) is 0 Å². The van der Waals surface area contributed by atoms with E-state index in [1.165, 1.54) is 37.7 Å². The highest BCUT2D eigenvalue weighted by Crippen LogP contribution is 2.10. The SMILES string of the molecule is CCCCCCCc1cccc(C=O)c1. The largest absolute Gasteiger partial charge is 0.298 e. The van der Waals surface area contributed by atoms with Gasteiger partial charge in [0.1, 0.15) is 6.29 Å². The summed E-state index contributed by atoms with van der Waals surface area (Å²) in [6, 6.07) is 7.92. The smallest absolute Gasteiger partial charge is 0.150 e. The van der Waals surface area contributed by atoms with Crippen LogP contribution in [-0.4, -0.2) is 6.29 Å². The Kier molecular flexibility index (Phi) is 5.76. The molecule has 0 amide bonds. The van der Waals surface area contributed by atoms with Crippen molar-refractivity contribution in [2.75, 3.05) is 0 Å². The third kappa shape index (κ3) is 4.78. The van der Waals surface area contributed by atoms with Crippen molar-refractivity contribution in [1.82, 2.24) is 0 Å². The molecule has 0 aliphatic heterocycles.